The molecule has 2 aromatic carbocycles. The van der Waals surface area contributed by atoms with Crippen LogP contribution < -0.4 is 10.0 Å². The van der Waals surface area contributed by atoms with Gasteiger partial charge in [-0.2, -0.15) is 0 Å². The molecular formula is C25H37FN2S2. The van der Waals surface area contributed by atoms with Gasteiger partial charge in [-0.25, -0.2) is 4.39 Å². The normalized spacial score (nSPS) is 10.5. The van der Waals surface area contributed by atoms with Crippen LogP contribution in [-0.2, 0) is 18.4 Å². The van der Waals surface area contributed by atoms with E-state index in [1.807, 2.05) is 20.2 Å². The van der Waals surface area contributed by atoms with Crippen molar-refractivity contribution in [3.8, 4) is 0 Å². The first-order valence-electron chi connectivity index (χ1n) is 10.1. The van der Waals surface area contributed by atoms with Crippen LogP contribution in [0.25, 0.3) is 0 Å². The van der Waals surface area contributed by atoms with Gasteiger partial charge >= 0.3 is 0 Å². The summed E-state index contributed by atoms with van der Waals surface area (Å²) < 4.78 is 14.9. The number of anilines is 1. The average molecular weight is 449 g/mol. The Bertz CT molecular complexity index is 680. The Balaban J connectivity index is 0.000000505. The summed E-state index contributed by atoms with van der Waals surface area (Å²) in [6, 6.07) is 17.0. The molecule has 0 heterocycles. The molecule has 0 aromatic heterocycles. The molecule has 30 heavy (non-hydrogen) atoms. The summed E-state index contributed by atoms with van der Waals surface area (Å²) in [5.41, 5.74) is 5.28. The Kier molecular flexibility index (Phi) is 16.1. The first-order valence-corrected chi connectivity index (χ1v) is 11.8. The lowest BCUT2D eigenvalue weighted by molar-refractivity contribution is 0.590. The number of rotatable bonds is 7. The second kappa shape index (κ2) is 17.0. The Labute approximate surface area is 192 Å². The van der Waals surface area contributed by atoms with Crippen LogP contribution in [0, 0.1) is 0 Å². The maximum absolute atomic E-state index is 11.7. The smallest absolute Gasteiger partial charge is 0.0827 e. The highest BCUT2D eigenvalue weighted by Gasteiger charge is 2.12. The molecule has 0 fully saturated rings. The van der Waals surface area contributed by atoms with Gasteiger partial charge in [0.2, 0.25) is 0 Å². The topological polar surface area (TPSA) is 24.1 Å². The lowest BCUT2D eigenvalue weighted by atomic mass is 9.86. The minimum Gasteiger partial charge on any atom is -0.330 e. The molecule has 0 saturated carbocycles. The molecule has 0 radical (unpaired) electrons. The van der Waals surface area contributed by atoms with E-state index in [0.29, 0.717) is 6.33 Å². The van der Waals surface area contributed by atoms with Gasteiger partial charge in [-0.15, -0.1) is 0 Å². The van der Waals surface area contributed by atoms with E-state index in [0.717, 1.165) is 25.1 Å². The van der Waals surface area contributed by atoms with Gasteiger partial charge < -0.3 is 10.0 Å². The largest absolute Gasteiger partial charge is 0.330 e. The first kappa shape index (κ1) is 28.3. The molecule has 166 valence electrons. The van der Waals surface area contributed by atoms with E-state index >= 15 is 0 Å². The Morgan fingerprint density at radius 1 is 1.00 bits per heavy atom. The predicted molar refractivity (Wildman–Crippen MR) is 139 cm³/mol. The number of allylic oxidation sites excluding steroid dienone is 1. The van der Waals surface area contributed by atoms with Crippen molar-refractivity contribution in [3.63, 3.8) is 0 Å². The van der Waals surface area contributed by atoms with E-state index in [1.165, 1.54) is 16.7 Å². The summed E-state index contributed by atoms with van der Waals surface area (Å²) in [6.07, 6.45) is 5.86. The summed E-state index contributed by atoms with van der Waals surface area (Å²) in [7, 11) is 1.95. The Morgan fingerprint density at radius 2 is 1.53 bits per heavy atom. The molecule has 0 aliphatic heterocycles. The molecule has 0 spiro atoms. The highest BCUT2D eigenvalue weighted by molar-refractivity contribution is 7.99. The zero-order chi connectivity index (χ0) is 22.8. The fourth-order valence-corrected chi connectivity index (χ4v) is 2.87. The molecule has 2 aromatic rings. The lowest BCUT2D eigenvalue weighted by Crippen LogP contribution is -2.10. The van der Waals surface area contributed by atoms with Crippen LogP contribution in [0.3, 0.4) is 0 Å². The van der Waals surface area contributed by atoms with E-state index in [2.05, 4.69) is 91.6 Å². The maximum atomic E-state index is 11.7. The van der Waals surface area contributed by atoms with Crippen molar-refractivity contribution in [2.75, 3.05) is 18.0 Å². The van der Waals surface area contributed by atoms with E-state index in [1.54, 1.807) is 23.4 Å². The van der Waals surface area contributed by atoms with Crippen molar-refractivity contribution in [2.45, 2.75) is 52.5 Å². The van der Waals surface area contributed by atoms with E-state index in [4.69, 9.17) is 0 Å². The van der Waals surface area contributed by atoms with Crippen LogP contribution in [0.5, 0.6) is 0 Å². The third kappa shape index (κ3) is 13.5. The van der Waals surface area contributed by atoms with Crippen LogP contribution in [-0.4, -0.2) is 18.7 Å². The minimum absolute atomic E-state index is 0.206. The van der Waals surface area contributed by atoms with Gasteiger partial charge in [-0.1, -0.05) is 87.4 Å². The van der Waals surface area contributed by atoms with Crippen LogP contribution >= 0.6 is 24.2 Å². The second-order valence-electron chi connectivity index (χ2n) is 7.62. The van der Waals surface area contributed by atoms with Crippen molar-refractivity contribution < 1.29 is 4.39 Å². The van der Waals surface area contributed by atoms with Crippen LogP contribution in [0.4, 0.5) is 10.1 Å². The molecule has 0 bridgehead atoms. The predicted octanol–water partition coefficient (Wildman–Crippen LogP) is 7.50. The number of halogens is 1. The molecule has 0 aliphatic carbocycles. The van der Waals surface area contributed by atoms with Crippen molar-refractivity contribution in [3.05, 3.63) is 77.6 Å². The third-order valence-corrected chi connectivity index (χ3v) is 4.50. The van der Waals surface area contributed by atoms with E-state index < -0.39 is 0 Å². The standard InChI is InChI=1S/C14H19F.C9H14N2S.C2H4S/c1-14(2,3)13-9-7-12(8-10-13)6-4-5-11-15;1-10-7-8-3-5-9(6-4-8)11-12-2;1-2-3/h5,7-11H,4,6H2,1-3H3;3-6,10-11H,7H2,1-2H3;2H,1H3/b11-5-;;. The molecule has 0 saturated heterocycles. The maximum Gasteiger partial charge on any atom is 0.0827 e. The number of hydrogen-bond donors (Lipinski definition) is 2. The summed E-state index contributed by atoms with van der Waals surface area (Å²) in [5, 5.41) is 4.69. The zero-order valence-corrected chi connectivity index (χ0v) is 20.8. The SMILES string of the molecule is CC(C)(C)c1ccc(CC/C=C\F)cc1.CC=S.CNCc1ccc(NSC)cc1. The summed E-state index contributed by atoms with van der Waals surface area (Å²) in [5.74, 6) is 0. The molecule has 0 atom stereocenters. The van der Waals surface area contributed by atoms with Gasteiger partial charge in [0, 0.05) is 18.5 Å². The fraction of sp³-hybridized carbons (Fsp3) is 0.400. The van der Waals surface area contributed by atoms with Gasteiger partial charge in [-0.05, 0) is 66.4 Å². The fourth-order valence-electron chi connectivity index (χ4n) is 2.50. The van der Waals surface area contributed by atoms with Crippen LogP contribution in [0.1, 0.15) is 50.8 Å². The summed E-state index contributed by atoms with van der Waals surface area (Å²) in [6.45, 7) is 9.35. The zero-order valence-electron chi connectivity index (χ0n) is 19.2. The van der Waals surface area contributed by atoms with Crippen molar-refractivity contribution in [1.82, 2.24) is 5.32 Å². The molecule has 0 unspecified atom stereocenters. The number of nitrogens with one attached hydrogen (secondary N) is 2. The number of aryl methyl sites for hydroxylation is 1. The first-order chi connectivity index (χ1) is 14.3. The van der Waals surface area contributed by atoms with Gasteiger partial charge in [0.1, 0.15) is 0 Å². The highest BCUT2D eigenvalue weighted by Crippen LogP contribution is 2.22. The van der Waals surface area contributed by atoms with E-state index in [-0.39, 0.29) is 5.41 Å². The van der Waals surface area contributed by atoms with Gasteiger partial charge in [0.15, 0.2) is 0 Å². The molecule has 5 heteroatoms. The highest BCUT2D eigenvalue weighted by atomic mass is 32.2. The van der Waals surface area contributed by atoms with E-state index in [9.17, 15) is 4.39 Å². The monoisotopic (exact) mass is 448 g/mol. The van der Waals surface area contributed by atoms with Crippen molar-refractivity contribution in [1.29, 1.82) is 0 Å². The quantitative estimate of drug-likeness (QED) is 0.338. The number of benzene rings is 2. The van der Waals surface area contributed by atoms with Crippen LogP contribution in [0.15, 0.2) is 60.9 Å². The van der Waals surface area contributed by atoms with Gasteiger partial charge in [-0.3, -0.25) is 0 Å². The third-order valence-electron chi connectivity index (χ3n) is 4.06. The molecule has 0 aliphatic rings. The van der Waals surface area contributed by atoms with Crippen molar-refractivity contribution >= 4 is 35.2 Å². The average Bonchev–Trinajstić information content (AvgIpc) is 2.71. The van der Waals surface area contributed by atoms with Gasteiger partial charge in [0.25, 0.3) is 0 Å². The number of hydrogen-bond acceptors (Lipinski definition) is 4. The number of thiocarbonyl (C=S) groups is 1. The Hall–Kier alpha value is -1.69. The van der Waals surface area contributed by atoms with Crippen molar-refractivity contribution in [2.24, 2.45) is 0 Å². The van der Waals surface area contributed by atoms with Gasteiger partial charge in [0.05, 0.1) is 6.33 Å². The Morgan fingerprint density at radius 3 is 1.97 bits per heavy atom. The summed E-state index contributed by atoms with van der Waals surface area (Å²) in [4.78, 5) is 0. The molecular weight excluding hydrogens is 411 g/mol. The second-order valence-corrected chi connectivity index (χ2v) is 8.70. The molecule has 0 amide bonds. The lowest BCUT2D eigenvalue weighted by Gasteiger charge is -2.19. The molecule has 2 N–H and O–H groups in total. The summed E-state index contributed by atoms with van der Waals surface area (Å²) >= 11 is 5.88. The minimum atomic E-state index is 0.206. The molecule has 2 rings (SSSR count). The van der Waals surface area contributed by atoms with Crippen LogP contribution in [0.2, 0.25) is 0 Å². The molecule has 2 nitrogen and oxygen atoms in total.